The number of hydrogen-bond donors (Lipinski definition) is 2. The molecule has 0 saturated carbocycles. The number of carbonyl (C=O) groups is 1. The summed E-state index contributed by atoms with van der Waals surface area (Å²) in [7, 11) is 0. The van der Waals surface area contributed by atoms with Gasteiger partial charge in [-0.05, 0) is 5.56 Å². The van der Waals surface area contributed by atoms with E-state index in [0.29, 0.717) is 5.56 Å². The fraction of sp³-hybridized carbons (Fsp3) is 0.154. The average molecular weight is 259 g/mol. The van der Waals surface area contributed by atoms with Crippen molar-refractivity contribution < 1.29 is 14.6 Å². The summed E-state index contributed by atoms with van der Waals surface area (Å²) in [5.74, 6) is 0.246. The summed E-state index contributed by atoms with van der Waals surface area (Å²) in [5.41, 5.74) is 1.32. The first-order chi connectivity index (χ1) is 9.29. The number of nitrogens with one attached hydrogen (secondary N) is 1. The molecule has 1 aromatic carbocycles. The van der Waals surface area contributed by atoms with E-state index in [2.05, 4.69) is 15.3 Å². The largest absolute Gasteiger partial charge is 0.444 e. The van der Waals surface area contributed by atoms with Gasteiger partial charge in [0.1, 0.15) is 18.8 Å². The monoisotopic (exact) mass is 259 g/mol. The molecule has 6 nitrogen and oxygen atoms in total. The Bertz CT molecular complexity index is 546. The van der Waals surface area contributed by atoms with E-state index < -0.39 is 6.09 Å². The zero-order valence-corrected chi connectivity index (χ0v) is 10.1. The lowest BCUT2D eigenvalue weighted by atomic mass is 10.2. The second kappa shape index (κ2) is 6.46. The summed E-state index contributed by atoms with van der Waals surface area (Å²) < 4.78 is 5.04. The van der Waals surface area contributed by atoms with Crippen molar-refractivity contribution in [2.24, 2.45) is 0 Å². The minimum Gasteiger partial charge on any atom is -0.444 e. The number of nitrogens with zero attached hydrogens (tertiary/aromatic N) is 2. The van der Waals surface area contributed by atoms with Crippen molar-refractivity contribution in [3.05, 3.63) is 54.0 Å². The van der Waals surface area contributed by atoms with Gasteiger partial charge in [0.2, 0.25) is 0 Å². The molecular formula is C13H13N3O3. The number of carbonyl (C=O) groups excluding carboxylic acids is 1. The third kappa shape index (κ3) is 3.75. The Hall–Kier alpha value is -2.47. The van der Waals surface area contributed by atoms with Crippen LogP contribution in [-0.4, -0.2) is 21.2 Å². The molecular weight excluding hydrogens is 246 g/mol. The van der Waals surface area contributed by atoms with Crippen LogP contribution in [0.5, 0.6) is 0 Å². The molecule has 0 atom stereocenters. The van der Waals surface area contributed by atoms with Crippen LogP contribution in [0.4, 0.5) is 10.6 Å². The van der Waals surface area contributed by atoms with E-state index in [9.17, 15) is 4.79 Å². The molecule has 0 saturated heterocycles. The number of benzene rings is 1. The van der Waals surface area contributed by atoms with E-state index in [4.69, 9.17) is 9.84 Å². The first kappa shape index (κ1) is 13.0. The lowest BCUT2D eigenvalue weighted by Gasteiger charge is -2.08. The van der Waals surface area contributed by atoms with E-state index in [-0.39, 0.29) is 19.0 Å². The summed E-state index contributed by atoms with van der Waals surface area (Å²) >= 11 is 0. The molecule has 0 fully saturated rings. The smallest absolute Gasteiger partial charge is 0.413 e. The number of aliphatic hydroxyl groups excluding tert-OH is 1. The minimum atomic E-state index is -0.628. The molecule has 0 aliphatic rings. The average Bonchev–Trinajstić information content (AvgIpc) is 2.47. The van der Waals surface area contributed by atoms with Crippen LogP contribution < -0.4 is 5.32 Å². The molecule has 0 unspecified atom stereocenters. The van der Waals surface area contributed by atoms with Crippen molar-refractivity contribution in [3.8, 4) is 0 Å². The van der Waals surface area contributed by atoms with Gasteiger partial charge in [-0.2, -0.15) is 0 Å². The van der Waals surface area contributed by atoms with Crippen molar-refractivity contribution in [3.63, 3.8) is 0 Å². The Balaban J connectivity index is 1.91. The lowest BCUT2D eigenvalue weighted by molar-refractivity contribution is 0.155. The predicted octanol–water partition coefficient (Wildman–Crippen LogP) is 1.72. The van der Waals surface area contributed by atoms with Gasteiger partial charge in [0.25, 0.3) is 0 Å². The van der Waals surface area contributed by atoms with Crippen molar-refractivity contribution >= 4 is 11.9 Å². The Morgan fingerprint density at radius 2 is 2.11 bits per heavy atom. The number of anilines is 1. The number of ether oxygens (including phenoxy) is 1. The van der Waals surface area contributed by atoms with Crippen LogP contribution in [0.3, 0.4) is 0 Å². The molecule has 0 aliphatic carbocycles. The maximum absolute atomic E-state index is 11.6. The topological polar surface area (TPSA) is 84.3 Å². The van der Waals surface area contributed by atoms with Gasteiger partial charge in [-0.1, -0.05) is 30.3 Å². The fourth-order valence-electron chi connectivity index (χ4n) is 1.44. The normalized spacial score (nSPS) is 9.95. The molecule has 6 heteroatoms. The molecule has 2 N–H and O–H groups in total. The third-order valence-corrected chi connectivity index (χ3v) is 2.39. The highest BCUT2D eigenvalue weighted by atomic mass is 16.5. The Labute approximate surface area is 110 Å². The summed E-state index contributed by atoms with van der Waals surface area (Å²) in [6.45, 7) is -0.0820. The molecule has 19 heavy (non-hydrogen) atoms. The molecule has 0 radical (unpaired) electrons. The first-order valence-corrected chi connectivity index (χ1v) is 5.67. The number of aliphatic hydroxyl groups is 1. The van der Waals surface area contributed by atoms with Crippen molar-refractivity contribution in [2.45, 2.75) is 13.2 Å². The second-order valence-corrected chi connectivity index (χ2v) is 3.74. The van der Waals surface area contributed by atoms with Crippen LogP contribution in [0.2, 0.25) is 0 Å². The first-order valence-electron chi connectivity index (χ1n) is 5.67. The fourth-order valence-corrected chi connectivity index (χ4v) is 1.44. The van der Waals surface area contributed by atoms with Gasteiger partial charge in [0.15, 0.2) is 0 Å². The molecule has 1 amide bonds. The zero-order valence-electron chi connectivity index (χ0n) is 10.1. The molecule has 0 bridgehead atoms. The van der Waals surface area contributed by atoms with E-state index in [0.717, 1.165) is 5.56 Å². The summed E-state index contributed by atoms with van der Waals surface area (Å²) in [6, 6.07) is 9.34. The molecule has 98 valence electrons. The van der Waals surface area contributed by atoms with Gasteiger partial charge in [-0.15, -0.1) is 0 Å². The Morgan fingerprint density at radius 1 is 1.32 bits per heavy atom. The van der Waals surface area contributed by atoms with Crippen molar-refractivity contribution in [1.82, 2.24) is 9.97 Å². The highest BCUT2D eigenvalue weighted by Gasteiger charge is 2.08. The quantitative estimate of drug-likeness (QED) is 0.873. The van der Waals surface area contributed by atoms with Crippen LogP contribution in [0.15, 0.2) is 42.9 Å². The standard InChI is InChI=1S/C13H13N3O3/c17-7-11-6-14-9-15-12(11)16-13(18)19-8-10-4-2-1-3-5-10/h1-6,9,17H,7-8H2,(H,14,15,16,18). The second-order valence-electron chi connectivity index (χ2n) is 3.74. The van der Waals surface area contributed by atoms with Crippen molar-refractivity contribution in [2.75, 3.05) is 5.32 Å². The van der Waals surface area contributed by atoms with Crippen LogP contribution in [0.1, 0.15) is 11.1 Å². The molecule has 1 aromatic heterocycles. The maximum Gasteiger partial charge on any atom is 0.413 e. The summed E-state index contributed by atoms with van der Waals surface area (Å²) in [4.78, 5) is 19.2. The van der Waals surface area contributed by atoms with Crippen LogP contribution >= 0.6 is 0 Å². The van der Waals surface area contributed by atoms with Crippen molar-refractivity contribution in [1.29, 1.82) is 0 Å². The van der Waals surface area contributed by atoms with E-state index in [1.807, 2.05) is 30.3 Å². The van der Waals surface area contributed by atoms with E-state index >= 15 is 0 Å². The lowest BCUT2D eigenvalue weighted by Crippen LogP contribution is -2.16. The molecule has 1 heterocycles. The molecule has 0 aliphatic heterocycles. The van der Waals surface area contributed by atoms with Gasteiger partial charge < -0.3 is 9.84 Å². The van der Waals surface area contributed by atoms with Gasteiger partial charge in [0.05, 0.1) is 6.61 Å². The Morgan fingerprint density at radius 3 is 2.84 bits per heavy atom. The number of rotatable bonds is 4. The van der Waals surface area contributed by atoms with Crippen LogP contribution in [0.25, 0.3) is 0 Å². The highest BCUT2D eigenvalue weighted by molar-refractivity contribution is 5.84. The molecule has 2 aromatic rings. The summed E-state index contributed by atoms with van der Waals surface area (Å²) in [6.07, 6.45) is 2.09. The van der Waals surface area contributed by atoms with Gasteiger partial charge in [-0.3, -0.25) is 5.32 Å². The number of amides is 1. The van der Waals surface area contributed by atoms with Crippen LogP contribution in [0, 0.1) is 0 Å². The highest BCUT2D eigenvalue weighted by Crippen LogP contribution is 2.10. The molecule has 2 rings (SSSR count). The van der Waals surface area contributed by atoms with Gasteiger partial charge in [0, 0.05) is 11.8 Å². The number of hydrogen-bond acceptors (Lipinski definition) is 5. The zero-order chi connectivity index (χ0) is 13.5. The number of aromatic nitrogens is 2. The van der Waals surface area contributed by atoms with Crippen LogP contribution in [-0.2, 0) is 18.0 Å². The molecule has 0 spiro atoms. The SMILES string of the molecule is O=C(Nc1ncncc1CO)OCc1ccccc1. The maximum atomic E-state index is 11.6. The van der Waals surface area contributed by atoms with E-state index in [1.165, 1.54) is 12.5 Å². The third-order valence-electron chi connectivity index (χ3n) is 2.39. The van der Waals surface area contributed by atoms with Gasteiger partial charge in [-0.25, -0.2) is 14.8 Å². The van der Waals surface area contributed by atoms with Gasteiger partial charge >= 0.3 is 6.09 Å². The predicted molar refractivity (Wildman–Crippen MR) is 68.2 cm³/mol. The minimum absolute atomic E-state index is 0.173. The summed E-state index contributed by atoms with van der Waals surface area (Å²) in [5, 5.41) is 11.5. The Kier molecular flexibility index (Phi) is 4.41. The van der Waals surface area contributed by atoms with E-state index in [1.54, 1.807) is 0 Å².